The smallest absolute Gasteiger partial charge is 0.243 e. The van der Waals surface area contributed by atoms with Crippen LogP contribution in [0.1, 0.15) is 25.0 Å². The van der Waals surface area contributed by atoms with E-state index in [1.807, 2.05) is 32.9 Å². The SMILES string of the molecule is Cc1cccc(N2C(=O)CSC2=NC(C)C)c1C. The standard InChI is InChI=1S/C14H18N2OS/c1-9(2)15-14-16(13(17)8-18-14)12-7-5-6-10(3)11(12)4/h5-7,9H,8H2,1-4H3. The van der Waals surface area contributed by atoms with Crippen LogP contribution in [0.4, 0.5) is 5.69 Å². The predicted molar refractivity (Wildman–Crippen MR) is 78.4 cm³/mol. The summed E-state index contributed by atoms with van der Waals surface area (Å²) in [6.07, 6.45) is 0. The van der Waals surface area contributed by atoms with Gasteiger partial charge in [-0.2, -0.15) is 0 Å². The third-order valence-corrected chi connectivity index (χ3v) is 3.89. The molecule has 0 aromatic heterocycles. The van der Waals surface area contributed by atoms with Crippen LogP contribution in [-0.4, -0.2) is 22.9 Å². The summed E-state index contributed by atoms with van der Waals surface area (Å²) in [5.41, 5.74) is 3.30. The van der Waals surface area contributed by atoms with E-state index in [-0.39, 0.29) is 11.9 Å². The Morgan fingerprint density at radius 3 is 2.72 bits per heavy atom. The van der Waals surface area contributed by atoms with Gasteiger partial charge in [0.05, 0.1) is 11.4 Å². The molecule has 0 aliphatic carbocycles. The van der Waals surface area contributed by atoms with Gasteiger partial charge in [0.1, 0.15) is 0 Å². The molecular formula is C14H18N2OS. The number of rotatable bonds is 2. The van der Waals surface area contributed by atoms with E-state index >= 15 is 0 Å². The van der Waals surface area contributed by atoms with Crippen LogP contribution in [0, 0.1) is 13.8 Å². The number of amides is 1. The maximum absolute atomic E-state index is 12.1. The molecule has 18 heavy (non-hydrogen) atoms. The van der Waals surface area contributed by atoms with Gasteiger partial charge >= 0.3 is 0 Å². The van der Waals surface area contributed by atoms with Crippen LogP contribution < -0.4 is 4.90 Å². The molecule has 1 aromatic rings. The molecule has 96 valence electrons. The molecule has 3 nitrogen and oxygen atoms in total. The lowest BCUT2D eigenvalue weighted by atomic mass is 10.1. The second kappa shape index (κ2) is 5.14. The van der Waals surface area contributed by atoms with Crippen LogP contribution in [0.15, 0.2) is 23.2 Å². The van der Waals surface area contributed by atoms with E-state index in [1.165, 1.54) is 17.3 Å². The van der Waals surface area contributed by atoms with Crippen molar-refractivity contribution in [2.75, 3.05) is 10.7 Å². The van der Waals surface area contributed by atoms with Gasteiger partial charge in [0.15, 0.2) is 5.17 Å². The Hall–Kier alpha value is -1.29. The molecule has 0 N–H and O–H groups in total. The van der Waals surface area contributed by atoms with Crippen LogP contribution >= 0.6 is 11.8 Å². The first-order valence-corrected chi connectivity index (χ1v) is 7.09. The van der Waals surface area contributed by atoms with Crippen molar-refractivity contribution in [1.82, 2.24) is 0 Å². The molecule has 0 atom stereocenters. The summed E-state index contributed by atoms with van der Waals surface area (Å²) in [7, 11) is 0. The van der Waals surface area contributed by atoms with E-state index in [9.17, 15) is 4.79 Å². The van der Waals surface area contributed by atoms with Crippen LogP contribution in [-0.2, 0) is 4.79 Å². The number of carbonyl (C=O) groups is 1. The van der Waals surface area contributed by atoms with Crippen LogP contribution in [0.3, 0.4) is 0 Å². The lowest BCUT2D eigenvalue weighted by molar-refractivity contribution is -0.115. The van der Waals surface area contributed by atoms with E-state index in [0.717, 1.165) is 16.4 Å². The highest BCUT2D eigenvalue weighted by Crippen LogP contribution is 2.30. The minimum Gasteiger partial charge on any atom is -0.273 e. The first-order chi connectivity index (χ1) is 8.50. The van der Waals surface area contributed by atoms with E-state index in [2.05, 4.69) is 18.0 Å². The van der Waals surface area contributed by atoms with Crippen LogP contribution in [0.2, 0.25) is 0 Å². The molecule has 0 saturated carbocycles. The van der Waals surface area contributed by atoms with Crippen molar-refractivity contribution in [3.8, 4) is 0 Å². The van der Waals surface area contributed by atoms with Gasteiger partial charge in [-0.3, -0.25) is 14.7 Å². The topological polar surface area (TPSA) is 32.7 Å². The van der Waals surface area contributed by atoms with Gasteiger partial charge in [0, 0.05) is 6.04 Å². The minimum absolute atomic E-state index is 0.119. The second-order valence-electron chi connectivity index (χ2n) is 4.74. The van der Waals surface area contributed by atoms with E-state index < -0.39 is 0 Å². The molecule has 0 unspecified atom stereocenters. The normalized spacial score (nSPS) is 18.2. The Balaban J connectivity index is 2.47. The largest absolute Gasteiger partial charge is 0.273 e. The van der Waals surface area contributed by atoms with Gasteiger partial charge in [0.2, 0.25) is 5.91 Å². The molecule has 0 spiro atoms. The number of benzene rings is 1. The molecule has 1 aliphatic rings. The molecule has 1 aliphatic heterocycles. The lowest BCUT2D eigenvalue weighted by Crippen LogP contribution is -2.30. The molecule has 0 radical (unpaired) electrons. The van der Waals surface area contributed by atoms with Crippen LogP contribution in [0.5, 0.6) is 0 Å². The van der Waals surface area contributed by atoms with E-state index in [0.29, 0.717) is 5.75 Å². The van der Waals surface area contributed by atoms with Crippen molar-refractivity contribution in [3.63, 3.8) is 0 Å². The number of hydrogen-bond acceptors (Lipinski definition) is 3. The Morgan fingerprint density at radius 1 is 1.33 bits per heavy atom. The zero-order chi connectivity index (χ0) is 13.3. The first-order valence-electron chi connectivity index (χ1n) is 6.10. The summed E-state index contributed by atoms with van der Waals surface area (Å²) in [6.45, 7) is 8.16. The average molecular weight is 262 g/mol. The van der Waals surface area contributed by atoms with Gasteiger partial charge < -0.3 is 0 Å². The van der Waals surface area contributed by atoms with Gasteiger partial charge in [-0.25, -0.2) is 0 Å². The van der Waals surface area contributed by atoms with E-state index in [1.54, 1.807) is 4.90 Å². The number of anilines is 1. The highest BCUT2D eigenvalue weighted by molar-refractivity contribution is 8.15. The van der Waals surface area contributed by atoms with Crippen molar-refractivity contribution in [2.24, 2.45) is 4.99 Å². The molecule has 4 heteroatoms. The molecule has 1 saturated heterocycles. The molecule has 2 rings (SSSR count). The van der Waals surface area contributed by atoms with Crippen molar-refractivity contribution >= 4 is 28.5 Å². The number of carbonyl (C=O) groups excluding carboxylic acids is 1. The molecule has 1 fully saturated rings. The number of amidine groups is 1. The zero-order valence-corrected chi connectivity index (χ0v) is 12.0. The third-order valence-electron chi connectivity index (χ3n) is 2.95. The number of thioether (sulfide) groups is 1. The van der Waals surface area contributed by atoms with Gasteiger partial charge in [-0.1, -0.05) is 23.9 Å². The molecular weight excluding hydrogens is 244 g/mol. The Kier molecular flexibility index (Phi) is 3.76. The fourth-order valence-corrected chi connectivity index (χ4v) is 2.89. The van der Waals surface area contributed by atoms with Crippen LogP contribution in [0.25, 0.3) is 0 Å². The summed E-state index contributed by atoms with van der Waals surface area (Å²) in [5.74, 6) is 0.604. The van der Waals surface area contributed by atoms with E-state index in [4.69, 9.17) is 0 Å². The quantitative estimate of drug-likeness (QED) is 0.820. The lowest BCUT2D eigenvalue weighted by Gasteiger charge is -2.20. The third kappa shape index (κ3) is 2.43. The average Bonchev–Trinajstić information content (AvgIpc) is 2.63. The Morgan fingerprint density at radius 2 is 2.06 bits per heavy atom. The summed E-state index contributed by atoms with van der Waals surface area (Å²) in [6, 6.07) is 6.24. The second-order valence-corrected chi connectivity index (χ2v) is 5.68. The molecule has 0 bridgehead atoms. The maximum atomic E-state index is 12.1. The van der Waals surface area contributed by atoms with Crippen molar-refractivity contribution in [2.45, 2.75) is 33.7 Å². The zero-order valence-electron chi connectivity index (χ0n) is 11.2. The highest BCUT2D eigenvalue weighted by atomic mass is 32.2. The highest BCUT2D eigenvalue weighted by Gasteiger charge is 2.30. The maximum Gasteiger partial charge on any atom is 0.243 e. The number of nitrogens with zero attached hydrogens (tertiary/aromatic N) is 2. The minimum atomic E-state index is 0.119. The fourth-order valence-electron chi connectivity index (χ4n) is 1.89. The predicted octanol–water partition coefficient (Wildman–Crippen LogP) is 3.15. The van der Waals surface area contributed by atoms with Gasteiger partial charge in [0.25, 0.3) is 0 Å². The first kappa shape index (κ1) is 13.1. The van der Waals surface area contributed by atoms with Gasteiger partial charge in [-0.05, 0) is 44.9 Å². The number of aryl methyl sites for hydroxylation is 1. The molecule has 1 aromatic carbocycles. The van der Waals surface area contributed by atoms with Crippen molar-refractivity contribution < 1.29 is 4.79 Å². The van der Waals surface area contributed by atoms with Gasteiger partial charge in [-0.15, -0.1) is 0 Å². The summed E-state index contributed by atoms with van der Waals surface area (Å²) < 4.78 is 0. The summed E-state index contributed by atoms with van der Waals surface area (Å²) in [5, 5.41) is 0.823. The Labute approximate surface area is 112 Å². The fraction of sp³-hybridized carbons (Fsp3) is 0.429. The molecule has 1 amide bonds. The monoisotopic (exact) mass is 262 g/mol. The van der Waals surface area contributed by atoms with Crippen molar-refractivity contribution in [1.29, 1.82) is 0 Å². The summed E-state index contributed by atoms with van der Waals surface area (Å²) in [4.78, 5) is 18.4. The number of aliphatic imine (C=N–C) groups is 1. The summed E-state index contributed by atoms with van der Waals surface area (Å²) >= 11 is 1.52. The van der Waals surface area contributed by atoms with Crippen molar-refractivity contribution in [3.05, 3.63) is 29.3 Å². The number of hydrogen-bond donors (Lipinski definition) is 0. The Bertz CT molecular complexity index is 509. The molecule has 1 heterocycles.